The molecule has 0 aromatic heterocycles. The van der Waals surface area contributed by atoms with E-state index < -0.39 is 19.1 Å². The van der Waals surface area contributed by atoms with Crippen LogP contribution in [0.4, 0.5) is 11.4 Å². The molecule has 1 atom stereocenters. The van der Waals surface area contributed by atoms with E-state index in [2.05, 4.69) is 0 Å². The van der Waals surface area contributed by atoms with Gasteiger partial charge in [-0.1, -0.05) is 24.3 Å². The molecule has 0 bridgehead atoms. The fourth-order valence-corrected chi connectivity index (χ4v) is 6.40. The summed E-state index contributed by atoms with van der Waals surface area (Å²) in [5.41, 5.74) is 2.55. The van der Waals surface area contributed by atoms with Crippen LogP contribution in [0.2, 0.25) is 0 Å². The van der Waals surface area contributed by atoms with Crippen LogP contribution in [0.3, 0.4) is 0 Å². The first-order valence-corrected chi connectivity index (χ1v) is 12.8. The van der Waals surface area contributed by atoms with Gasteiger partial charge in [0.25, 0.3) is 0 Å². The molecule has 3 aromatic rings. The van der Waals surface area contributed by atoms with Crippen LogP contribution in [-0.4, -0.2) is 58.0 Å². The maximum absolute atomic E-state index is 14.8. The molecule has 9 heteroatoms. The maximum Gasteiger partial charge on any atom is 0.339 e. The van der Waals surface area contributed by atoms with E-state index in [0.717, 1.165) is 11.4 Å². The number of para-hydroxylation sites is 1. The Kier molecular flexibility index (Phi) is 6.54. The van der Waals surface area contributed by atoms with Crippen molar-refractivity contribution in [1.29, 1.82) is 0 Å². The summed E-state index contributed by atoms with van der Waals surface area (Å²) >= 11 is 0. The molecular weight excluding hydrogens is 465 g/mol. The molecule has 0 saturated carbocycles. The highest BCUT2D eigenvalue weighted by molar-refractivity contribution is 7.57. The zero-order chi connectivity index (χ0) is 25.5. The lowest BCUT2D eigenvalue weighted by Crippen LogP contribution is -2.23. The summed E-state index contributed by atoms with van der Waals surface area (Å²) in [6.07, 6.45) is 0. The Bertz CT molecular complexity index is 1260. The van der Waals surface area contributed by atoms with Gasteiger partial charge in [-0.3, -0.25) is 4.57 Å². The normalized spacial score (nSPS) is 14.4. The Morgan fingerprint density at radius 3 is 1.83 bits per heavy atom. The van der Waals surface area contributed by atoms with E-state index in [0.29, 0.717) is 22.6 Å². The molecule has 3 aromatic carbocycles. The number of hydrogen-bond donors (Lipinski definition) is 1. The molecule has 0 spiro atoms. The van der Waals surface area contributed by atoms with E-state index in [1.165, 1.54) is 12.1 Å². The number of aromatic carboxylic acids is 1. The predicted molar refractivity (Wildman–Crippen MR) is 139 cm³/mol. The number of anilines is 2. The van der Waals surface area contributed by atoms with Gasteiger partial charge in [-0.2, -0.15) is 0 Å². The zero-order valence-electron chi connectivity index (χ0n) is 20.7. The van der Waals surface area contributed by atoms with Crippen LogP contribution in [0.1, 0.15) is 27.1 Å². The van der Waals surface area contributed by atoms with Crippen LogP contribution < -0.4 is 19.1 Å². The lowest BCUT2D eigenvalue weighted by Gasteiger charge is -2.37. The number of ether oxygens (including phenoxy) is 1. The second-order valence-electron chi connectivity index (χ2n) is 9.04. The number of nitrogens with zero attached hydrogens (tertiary/aromatic N) is 3. The Labute approximate surface area is 205 Å². The third-order valence-corrected chi connectivity index (χ3v) is 8.85. The molecule has 0 fully saturated rings. The second kappa shape index (κ2) is 9.29. The summed E-state index contributed by atoms with van der Waals surface area (Å²) in [7, 11) is 7.39. The number of carboxylic acid groups (broad SMARTS) is 1. The molecule has 184 valence electrons. The van der Waals surface area contributed by atoms with Crippen molar-refractivity contribution in [2.24, 2.45) is 0 Å². The van der Waals surface area contributed by atoms with E-state index >= 15 is 0 Å². The number of carbonyl (C=O) groups is 1. The lowest BCUT2D eigenvalue weighted by molar-refractivity contribution is 0.0695. The van der Waals surface area contributed by atoms with Gasteiger partial charge >= 0.3 is 13.5 Å². The molecular formula is C26H30N3O5P. The molecule has 0 aliphatic carbocycles. The Balaban J connectivity index is 1.94. The summed E-state index contributed by atoms with van der Waals surface area (Å²) in [6, 6.07) is 17.8. The average Bonchev–Trinajstić information content (AvgIpc) is 2.81. The smallest absolute Gasteiger partial charge is 0.339 e. The molecule has 0 radical (unpaired) electrons. The molecule has 0 amide bonds. The van der Waals surface area contributed by atoms with E-state index in [1.54, 1.807) is 30.9 Å². The Hall–Kier alpha value is -3.48. The molecule has 8 nitrogen and oxygen atoms in total. The van der Waals surface area contributed by atoms with E-state index in [1.807, 2.05) is 74.4 Å². The Morgan fingerprint density at radius 2 is 1.37 bits per heavy atom. The molecule has 0 saturated heterocycles. The summed E-state index contributed by atoms with van der Waals surface area (Å²) in [5, 5.41) is 9.68. The van der Waals surface area contributed by atoms with Crippen molar-refractivity contribution in [2.45, 2.75) is 5.66 Å². The standard InChI is InChI=1S/C26H30N3O5P/c1-27(2)17-11-13-19-23(15-17)33-24-16-18(28(3)4)12-14-20(24)25(19)35(32,29(5)6)34-22-10-8-7-9-21(22)26(30)31/h7-16,25H,1-6H3,(H,30,31). The van der Waals surface area contributed by atoms with E-state index in [4.69, 9.17) is 9.26 Å². The third-order valence-electron chi connectivity index (χ3n) is 6.07. The first-order chi connectivity index (χ1) is 16.5. The highest BCUT2D eigenvalue weighted by Crippen LogP contribution is 2.68. The van der Waals surface area contributed by atoms with Crippen molar-refractivity contribution in [3.8, 4) is 17.2 Å². The van der Waals surface area contributed by atoms with E-state index in [9.17, 15) is 14.5 Å². The fourth-order valence-electron chi connectivity index (χ4n) is 4.10. The van der Waals surface area contributed by atoms with Crippen molar-refractivity contribution >= 4 is 24.9 Å². The minimum Gasteiger partial charge on any atom is -0.478 e. The van der Waals surface area contributed by atoms with Gasteiger partial charge in [-0.25, -0.2) is 9.46 Å². The van der Waals surface area contributed by atoms with Crippen LogP contribution in [0.15, 0.2) is 60.7 Å². The Morgan fingerprint density at radius 1 is 0.857 bits per heavy atom. The van der Waals surface area contributed by atoms with Gasteiger partial charge < -0.3 is 24.2 Å². The molecule has 1 heterocycles. The first kappa shape index (κ1) is 24.6. The summed E-state index contributed by atoms with van der Waals surface area (Å²) in [5.74, 6) is 0.0787. The lowest BCUT2D eigenvalue weighted by atomic mass is 9.98. The quantitative estimate of drug-likeness (QED) is 0.428. The number of hydrogen-bond acceptors (Lipinski definition) is 6. The molecule has 4 rings (SSSR count). The monoisotopic (exact) mass is 495 g/mol. The van der Waals surface area contributed by atoms with Gasteiger partial charge in [0.05, 0.1) is 0 Å². The fraction of sp³-hybridized carbons (Fsp3) is 0.269. The zero-order valence-corrected chi connectivity index (χ0v) is 21.6. The largest absolute Gasteiger partial charge is 0.478 e. The van der Waals surface area contributed by atoms with Gasteiger partial charge in [0.1, 0.15) is 28.5 Å². The summed E-state index contributed by atoms with van der Waals surface area (Å²) < 4.78 is 28.9. The summed E-state index contributed by atoms with van der Waals surface area (Å²) in [4.78, 5) is 15.8. The number of rotatable bonds is 7. The van der Waals surface area contributed by atoms with Crippen molar-refractivity contribution in [2.75, 3.05) is 52.1 Å². The van der Waals surface area contributed by atoms with Crippen molar-refractivity contribution in [3.05, 3.63) is 77.4 Å². The van der Waals surface area contributed by atoms with Gasteiger partial charge in [-0.15, -0.1) is 0 Å². The van der Waals surface area contributed by atoms with Crippen molar-refractivity contribution < 1.29 is 23.7 Å². The molecule has 1 N–H and O–H groups in total. The second-order valence-corrected chi connectivity index (χ2v) is 11.7. The molecule has 1 aliphatic heterocycles. The van der Waals surface area contributed by atoms with Gasteiger partial charge in [-0.05, 0) is 38.4 Å². The van der Waals surface area contributed by atoms with Crippen molar-refractivity contribution in [3.63, 3.8) is 0 Å². The van der Waals surface area contributed by atoms with E-state index in [-0.39, 0.29) is 11.3 Å². The van der Waals surface area contributed by atoms with Gasteiger partial charge in [0.2, 0.25) is 0 Å². The van der Waals surface area contributed by atoms with Crippen LogP contribution in [-0.2, 0) is 4.57 Å². The SMILES string of the molecule is CN(C)c1ccc2c(c1)Oc1cc(N(C)C)ccc1C2P(=O)(Oc1ccccc1C(=O)O)N(C)C. The third kappa shape index (κ3) is 4.47. The van der Waals surface area contributed by atoms with Crippen LogP contribution in [0.25, 0.3) is 0 Å². The minimum absolute atomic E-state index is 0.0482. The topological polar surface area (TPSA) is 82.5 Å². The maximum atomic E-state index is 14.8. The van der Waals surface area contributed by atoms with Gasteiger partial charge in [0, 0.05) is 62.8 Å². The predicted octanol–water partition coefficient (Wildman–Crippen LogP) is 5.55. The summed E-state index contributed by atoms with van der Waals surface area (Å²) in [6.45, 7) is 0. The number of carboxylic acids is 1. The molecule has 35 heavy (non-hydrogen) atoms. The number of benzene rings is 3. The van der Waals surface area contributed by atoms with Gasteiger partial charge in [0.15, 0.2) is 0 Å². The highest BCUT2D eigenvalue weighted by atomic mass is 31.2. The average molecular weight is 496 g/mol. The van der Waals surface area contributed by atoms with Crippen LogP contribution >= 0.6 is 7.52 Å². The minimum atomic E-state index is -3.73. The van der Waals surface area contributed by atoms with Crippen molar-refractivity contribution in [1.82, 2.24) is 4.67 Å². The highest BCUT2D eigenvalue weighted by Gasteiger charge is 2.46. The first-order valence-electron chi connectivity index (χ1n) is 11.1. The molecule has 1 unspecified atom stereocenters. The van der Waals surface area contributed by atoms with Crippen LogP contribution in [0, 0.1) is 0 Å². The number of fused-ring (bicyclic) bond motifs is 2. The van der Waals surface area contributed by atoms with Crippen LogP contribution in [0.5, 0.6) is 17.2 Å². The molecule has 1 aliphatic rings.